The fourth-order valence-electron chi connectivity index (χ4n) is 2.28. The van der Waals surface area contributed by atoms with Gasteiger partial charge in [0.15, 0.2) is 0 Å². The van der Waals surface area contributed by atoms with Gasteiger partial charge in [0.25, 0.3) is 0 Å². The normalized spacial score (nSPS) is 13.1. The first-order valence-electron chi connectivity index (χ1n) is 10.9. The molecule has 0 aromatic rings. The minimum Gasteiger partial charge on any atom is -0.477 e. The maximum absolute atomic E-state index is 11.0. The number of allylic oxidation sites excluding steroid dienone is 11. The largest absolute Gasteiger partial charge is 0.477 e. The summed E-state index contributed by atoms with van der Waals surface area (Å²) in [6, 6.07) is 0. The van der Waals surface area contributed by atoms with Gasteiger partial charge in [-0.3, -0.25) is 4.57 Å². The van der Waals surface area contributed by atoms with E-state index in [1.807, 2.05) is 24.3 Å². The lowest BCUT2D eigenvalue weighted by atomic mass is 10.1. The van der Waals surface area contributed by atoms with Gasteiger partial charge in [-0.25, -0.2) is 4.79 Å². The number of carbonyl (C=O) groups is 1. The van der Waals surface area contributed by atoms with E-state index in [1.165, 1.54) is 57.1 Å². The summed E-state index contributed by atoms with van der Waals surface area (Å²) in [4.78, 5) is 28.5. The fourth-order valence-corrected chi connectivity index (χ4v) is 2.81. The molecule has 182 valence electrons. The molecule has 0 aromatic carbocycles. The number of aliphatic carboxylic acids is 1. The van der Waals surface area contributed by atoms with Gasteiger partial charge in [0.1, 0.15) is 5.31 Å². The van der Waals surface area contributed by atoms with Crippen molar-refractivity contribution in [1.82, 2.24) is 0 Å². The first-order chi connectivity index (χ1) is 15.3. The van der Waals surface area contributed by atoms with Gasteiger partial charge >= 0.3 is 13.6 Å². The van der Waals surface area contributed by atoms with Gasteiger partial charge in [-0.1, -0.05) is 106 Å². The van der Waals surface area contributed by atoms with Gasteiger partial charge < -0.3 is 25.7 Å². The van der Waals surface area contributed by atoms with E-state index >= 15 is 0 Å². The van der Waals surface area contributed by atoms with E-state index in [9.17, 15) is 9.36 Å². The van der Waals surface area contributed by atoms with E-state index in [-0.39, 0.29) is 6.61 Å². The molecule has 0 aliphatic heterocycles. The number of nitrogens with two attached hydrogens (primary N) is 1. The Morgan fingerprint density at radius 2 is 1.25 bits per heavy atom. The Kier molecular flexibility index (Phi) is 23.8. The number of hydrogen-bond acceptors (Lipinski definition) is 4. The highest BCUT2D eigenvalue weighted by Gasteiger charge is 2.26. The molecular weight excluding hydrogens is 429 g/mol. The lowest BCUT2D eigenvalue weighted by Gasteiger charge is -2.01. The highest BCUT2D eigenvalue weighted by atomic mass is 31.2. The summed E-state index contributed by atoms with van der Waals surface area (Å²) in [5.41, 5.74) is 4.78. The van der Waals surface area contributed by atoms with Crippen LogP contribution in [0.2, 0.25) is 0 Å². The second-order valence-corrected chi connectivity index (χ2v) is 8.36. The molecule has 0 amide bonds. The van der Waals surface area contributed by atoms with Crippen molar-refractivity contribution in [3.8, 4) is 0 Å². The lowest BCUT2D eigenvalue weighted by molar-refractivity contribution is -0.132. The summed E-state index contributed by atoms with van der Waals surface area (Å²) >= 11 is 0. The zero-order valence-electron chi connectivity index (χ0n) is 19.1. The zero-order valence-corrected chi connectivity index (χ0v) is 19.9. The molecule has 0 aromatic heterocycles. The summed E-state index contributed by atoms with van der Waals surface area (Å²) in [6.45, 7) is 2.70. The van der Waals surface area contributed by atoms with E-state index < -0.39 is 18.9 Å². The first kappa shape index (κ1) is 32.2. The lowest BCUT2D eigenvalue weighted by Crippen LogP contribution is -2.02. The fraction of sp³-hybridized carbons (Fsp3) is 0.458. The van der Waals surface area contributed by atoms with Crippen LogP contribution in [-0.2, 0) is 9.36 Å². The van der Waals surface area contributed by atoms with E-state index in [2.05, 4.69) is 13.0 Å². The standard InChI is InChI=1S/C22H33O5P.C2H7NO/c1-2-3-4-5-6-7-8-9-10-11-12-13-14-15-16-17-18-19-20-21(22(23)24)28(25,26)27;3-1-2-4/h10-20H,2-9H2,1H3,(H,23,24)(H2,25,26,27);4H,1-3H2. The van der Waals surface area contributed by atoms with Crippen LogP contribution in [0.15, 0.2) is 72.2 Å². The number of carboxylic acids is 1. The van der Waals surface area contributed by atoms with Crippen LogP contribution in [0.1, 0.15) is 58.3 Å². The third-order valence-corrected chi connectivity index (χ3v) is 4.88. The maximum atomic E-state index is 11.0. The van der Waals surface area contributed by atoms with Crippen LogP contribution < -0.4 is 5.73 Å². The third-order valence-electron chi connectivity index (χ3n) is 3.92. The van der Waals surface area contributed by atoms with Crippen molar-refractivity contribution in [3.05, 3.63) is 72.2 Å². The average Bonchev–Trinajstić information content (AvgIpc) is 2.74. The molecule has 0 atom stereocenters. The topological polar surface area (TPSA) is 141 Å². The van der Waals surface area contributed by atoms with Crippen LogP contribution in [0.4, 0.5) is 0 Å². The van der Waals surface area contributed by atoms with Gasteiger partial charge in [-0.15, -0.1) is 0 Å². The highest BCUT2D eigenvalue weighted by molar-refractivity contribution is 7.58. The molecule has 0 aliphatic carbocycles. The SMILES string of the molecule is CCCCCCCCCC=CC=CC=CC=CC=CC=C(C(=O)O)P(=O)(O)O.NCCO. The van der Waals surface area contributed by atoms with Crippen molar-refractivity contribution in [2.45, 2.75) is 58.3 Å². The highest BCUT2D eigenvalue weighted by Crippen LogP contribution is 2.44. The Labute approximate surface area is 192 Å². The Balaban J connectivity index is 0. The number of hydrogen-bond donors (Lipinski definition) is 5. The number of carboxylic acid groups (broad SMARTS) is 1. The predicted octanol–water partition coefficient (Wildman–Crippen LogP) is 4.99. The minimum absolute atomic E-state index is 0.0972. The average molecular weight is 470 g/mol. The van der Waals surface area contributed by atoms with Crippen LogP contribution in [0, 0.1) is 0 Å². The summed E-state index contributed by atoms with van der Waals surface area (Å²) in [7, 11) is -4.77. The summed E-state index contributed by atoms with van der Waals surface area (Å²) in [5.74, 6) is -1.63. The van der Waals surface area contributed by atoms with Crippen LogP contribution in [0.3, 0.4) is 0 Å². The van der Waals surface area contributed by atoms with Crippen molar-refractivity contribution >= 4 is 13.6 Å². The smallest absolute Gasteiger partial charge is 0.363 e. The van der Waals surface area contributed by atoms with Crippen LogP contribution in [0.5, 0.6) is 0 Å². The Morgan fingerprint density at radius 3 is 1.69 bits per heavy atom. The van der Waals surface area contributed by atoms with E-state index in [4.69, 9.17) is 25.7 Å². The Hall–Kier alpha value is -2.02. The number of aliphatic hydroxyl groups is 1. The first-order valence-corrected chi connectivity index (χ1v) is 12.6. The molecule has 0 fully saturated rings. The van der Waals surface area contributed by atoms with E-state index in [0.29, 0.717) is 6.54 Å². The molecule has 0 bridgehead atoms. The summed E-state index contributed by atoms with van der Waals surface area (Å²) in [6.07, 6.45) is 29.1. The van der Waals surface area contributed by atoms with E-state index in [1.54, 1.807) is 18.2 Å². The predicted molar refractivity (Wildman–Crippen MR) is 132 cm³/mol. The van der Waals surface area contributed by atoms with Crippen molar-refractivity contribution in [3.63, 3.8) is 0 Å². The van der Waals surface area contributed by atoms with Crippen LogP contribution in [0.25, 0.3) is 0 Å². The van der Waals surface area contributed by atoms with Gasteiger partial charge in [0, 0.05) is 6.54 Å². The molecule has 0 saturated heterocycles. The van der Waals surface area contributed by atoms with Gasteiger partial charge in [0.2, 0.25) is 0 Å². The monoisotopic (exact) mass is 469 g/mol. The minimum atomic E-state index is -4.77. The summed E-state index contributed by atoms with van der Waals surface area (Å²) in [5, 5.41) is 15.5. The summed E-state index contributed by atoms with van der Waals surface area (Å²) < 4.78 is 11.0. The molecule has 6 N–H and O–H groups in total. The molecule has 32 heavy (non-hydrogen) atoms. The molecule has 0 radical (unpaired) electrons. The maximum Gasteiger partial charge on any atom is 0.363 e. The van der Waals surface area contributed by atoms with Gasteiger partial charge in [-0.05, 0) is 18.9 Å². The molecule has 0 heterocycles. The molecule has 0 spiro atoms. The molecule has 0 rings (SSSR count). The number of aliphatic hydroxyl groups excluding tert-OH is 1. The molecule has 0 saturated carbocycles. The van der Waals surface area contributed by atoms with Crippen molar-refractivity contribution in [2.75, 3.05) is 13.2 Å². The van der Waals surface area contributed by atoms with Gasteiger partial charge in [-0.2, -0.15) is 0 Å². The molecular formula is C24H40NO6P. The quantitative estimate of drug-likeness (QED) is 0.0928. The van der Waals surface area contributed by atoms with Gasteiger partial charge in [0.05, 0.1) is 6.61 Å². The van der Waals surface area contributed by atoms with Crippen LogP contribution in [-0.4, -0.2) is 39.1 Å². The molecule has 8 heteroatoms. The van der Waals surface area contributed by atoms with E-state index in [0.717, 1.165) is 12.5 Å². The van der Waals surface area contributed by atoms with Crippen molar-refractivity contribution in [1.29, 1.82) is 0 Å². The van der Waals surface area contributed by atoms with Crippen LogP contribution >= 0.6 is 7.60 Å². The third kappa shape index (κ3) is 24.3. The zero-order chi connectivity index (χ0) is 24.5. The Morgan fingerprint density at radius 1 is 0.812 bits per heavy atom. The Bertz CT molecular complexity index is 685. The number of unbranched alkanes of at least 4 members (excludes halogenated alkanes) is 7. The van der Waals surface area contributed by atoms with Crippen molar-refractivity contribution < 1.29 is 29.4 Å². The second kappa shape index (κ2) is 23.6. The number of rotatable bonds is 16. The second-order valence-electron chi connectivity index (χ2n) is 6.79. The molecule has 7 nitrogen and oxygen atoms in total. The molecule has 0 unspecified atom stereocenters. The molecule has 0 aliphatic rings. The van der Waals surface area contributed by atoms with Crippen molar-refractivity contribution in [2.24, 2.45) is 5.73 Å².